The van der Waals surface area contributed by atoms with Crippen LogP contribution in [-0.4, -0.2) is 20.8 Å². The molecule has 1 aromatic carbocycles. The van der Waals surface area contributed by atoms with Crippen molar-refractivity contribution >= 4 is 11.6 Å². The summed E-state index contributed by atoms with van der Waals surface area (Å²) in [6.45, 7) is -3.05. The monoisotopic (exact) mass is 270 g/mol. The number of hydrogen-bond donors (Lipinski definition) is 0. The molecule has 0 saturated carbocycles. The third-order valence-electron chi connectivity index (χ3n) is 1.97. The van der Waals surface area contributed by atoms with E-state index in [0.717, 1.165) is 12.1 Å². The second-order valence-corrected chi connectivity index (χ2v) is 3.33. The minimum atomic E-state index is -3.05. The molecule has 0 heterocycles. The molecule has 0 N–H and O–H groups in total. The molecule has 0 bridgehead atoms. The highest BCUT2D eigenvalue weighted by Crippen LogP contribution is 2.36. The van der Waals surface area contributed by atoms with Gasteiger partial charge in [0.15, 0.2) is 6.29 Å². The maximum atomic E-state index is 13.2. The van der Waals surface area contributed by atoms with Crippen molar-refractivity contribution in [1.82, 2.24) is 0 Å². The number of methoxy groups -OCH3 is 2. The van der Waals surface area contributed by atoms with E-state index in [4.69, 9.17) is 21.1 Å². The van der Waals surface area contributed by atoms with Gasteiger partial charge >= 0.3 is 6.61 Å². The van der Waals surface area contributed by atoms with Gasteiger partial charge in [-0.05, 0) is 12.1 Å². The number of halogens is 4. The second-order valence-electron chi connectivity index (χ2n) is 2.96. The van der Waals surface area contributed by atoms with E-state index in [2.05, 4.69) is 4.74 Å². The highest BCUT2D eigenvalue weighted by atomic mass is 35.5. The Kier molecular flexibility index (Phi) is 5.04. The molecule has 96 valence electrons. The summed E-state index contributed by atoms with van der Waals surface area (Å²) >= 11 is 5.67. The van der Waals surface area contributed by atoms with Crippen LogP contribution in [0.15, 0.2) is 12.1 Å². The highest BCUT2D eigenvalue weighted by Gasteiger charge is 2.23. The maximum absolute atomic E-state index is 13.2. The van der Waals surface area contributed by atoms with E-state index in [1.165, 1.54) is 14.2 Å². The molecule has 0 aliphatic rings. The molecule has 0 saturated heterocycles. The fourth-order valence-electron chi connectivity index (χ4n) is 1.30. The number of ether oxygens (including phenoxy) is 3. The summed E-state index contributed by atoms with van der Waals surface area (Å²) < 4.78 is 51.5. The third kappa shape index (κ3) is 3.24. The van der Waals surface area contributed by atoms with Crippen molar-refractivity contribution in [2.24, 2.45) is 0 Å². The van der Waals surface area contributed by atoms with Crippen LogP contribution in [0.5, 0.6) is 5.75 Å². The van der Waals surface area contributed by atoms with Gasteiger partial charge < -0.3 is 14.2 Å². The van der Waals surface area contributed by atoms with Crippen molar-refractivity contribution < 1.29 is 27.4 Å². The Morgan fingerprint density at radius 2 is 1.76 bits per heavy atom. The summed E-state index contributed by atoms with van der Waals surface area (Å²) in [5, 5.41) is -0.378. The van der Waals surface area contributed by atoms with E-state index in [1.807, 2.05) is 0 Å². The molecule has 1 rings (SSSR count). The first kappa shape index (κ1) is 14.1. The zero-order valence-electron chi connectivity index (χ0n) is 9.05. The summed E-state index contributed by atoms with van der Waals surface area (Å²) in [5.41, 5.74) is -0.114. The maximum Gasteiger partial charge on any atom is 0.387 e. The topological polar surface area (TPSA) is 27.7 Å². The first-order valence-electron chi connectivity index (χ1n) is 4.49. The number of rotatable bonds is 5. The number of alkyl halides is 2. The summed E-state index contributed by atoms with van der Waals surface area (Å²) in [5.74, 6) is -1.07. The largest absolute Gasteiger partial charge is 0.434 e. The highest BCUT2D eigenvalue weighted by molar-refractivity contribution is 6.31. The summed E-state index contributed by atoms with van der Waals surface area (Å²) in [6.07, 6.45) is -1.09. The van der Waals surface area contributed by atoms with Crippen molar-refractivity contribution in [3.63, 3.8) is 0 Å². The lowest BCUT2D eigenvalue weighted by atomic mass is 10.2. The molecule has 1 aromatic rings. The summed E-state index contributed by atoms with van der Waals surface area (Å²) in [6, 6.07) is 1.96. The van der Waals surface area contributed by atoms with Gasteiger partial charge in [0, 0.05) is 14.2 Å². The Labute approximate surface area is 101 Å². The van der Waals surface area contributed by atoms with Crippen LogP contribution in [0.25, 0.3) is 0 Å². The van der Waals surface area contributed by atoms with Crippen molar-refractivity contribution in [2.45, 2.75) is 12.9 Å². The van der Waals surface area contributed by atoms with Crippen molar-refractivity contribution in [3.8, 4) is 5.75 Å². The summed E-state index contributed by atoms with van der Waals surface area (Å²) in [4.78, 5) is 0. The predicted molar refractivity (Wildman–Crippen MR) is 54.8 cm³/mol. The lowest BCUT2D eigenvalue weighted by molar-refractivity contribution is -0.111. The zero-order chi connectivity index (χ0) is 13.0. The molecule has 0 aromatic heterocycles. The van der Waals surface area contributed by atoms with Gasteiger partial charge in [-0.25, -0.2) is 4.39 Å². The van der Waals surface area contributed by atoms with Crippen molar-refractivity contribution in [2.75, 3.05) is 14.2 Å². The molecule has 0 atom stereocenters. The molecular formula is C10H10ClF3O3. The van der Waals surface area contributed by atoms with E-state index in [0.29, 0.717) is 0 Å². The Morgan fingerprint density at radius 1 is 1.18 bits per heavy atom. The van der Waals surface area contributed by atoms with Gasteiger partial charge in [0.2, 0.25) is 0 Å². The molecule has 0 aliphatic carbocycles. The molecule has 3 nitrogen and oxygen atoms in total. The SMILES string of the molecule is COC(OC)c1c(OC(F)F)ccc(F)c1Cl. The zero-order valence-corrected chi connectivity index (χ0v) is 9.80. The van der Waals surface area contributed by atoms with E-state index in [-0.39, 0.29) is 16.3 Å². The van der Waals surface area contributed by atoms with Crippen LogP contribution in [0, 0.1) is 5.82 Å². The minimum absolute atomic E-state index is 0.114. The molecule has 0 aliphatic heterocycles. The number of hydrogen-bond acceptors (Lipinski definition) is 3. The average Bonchev–Trinajstić information content (AvgIpc) is 2.28. The molecular weight excluding hydrogens is 261 g/mol. The Hall–Kier alpha value is -0.980. The fraction of sp³-hybridized carbons (Fsp3) is 0.400. The van der Waals surface area contributed by atoms with E-state index in [1.54, 1.807) is 0 Å². The van der Waals surface area contributed by atoms with E-state index < -0.39 is 18.7 Å². The number of benzene rings is 1. The van der Waals surface area contributed by atoms with Crippen molar-refractivity contribution in [3.05, 3.63) is 28.5 Å². The molecule has 0 unspecified atom stereocenters. The van der Waals surface area contributed by atoms with Gasteiger partial charge in [0.25, 0.3) is 0 Å². The van der Waals surface area contributed by atoms with Crippen LogP contribution < -0.4 is 4.74 Å². The molecule has 0 radical (unpaired) electrons. The quantitative estimate of drug-likeness (QED) is 0.768. The summed E-state index contributed by atoms with van der Waals surface area (Å²) in [7, 11) is 2.53. The van der Waals surface area contributed by atoms with Crippen LogP contribution in [-0.2, 0) is 9.47 Å². The van der Waals surface area contributed by atoms with Gasteiger partial charge in [0.05, 0.1) is 10.6 Å². The van der Waals surface area contributed by atoms with Crippen LogP contribution in [0.3, 0.4) is 0 Å². The van der Waals surface area contributed by atoms with Gasteiger partial charge in [0.1, 0.15) is 11.6 Å². The normalized spacial score (nSPS) is 11.3. The fourth-order valence-corrected chi connectivity index (χ4v) is 1.54. The van der Waals surface area contributed by atoms with Crippen LogP contribution in [0.2, 0.25) is 5.02 Å². The van der Waals surface area contributed by atoms with Crippen LogP contribution in [0.4, 0.5) is 13.2 Å². The van der Waals surface area contributed by atoms with Crippen LogP contribution in [0.1, 0.15) is 11.9 Å². The Morgan fingerprint density at radius 3 is 2.24 bits per heavy atom. The van der Waals surface area contributed by atoms with E-state index >= 15 is 0 Å². The second kappa shape index (κ2) is 6.09. The van der Waals surface area contributed by atoms with Gasteiger partial charge in [-0.3, -0.25) is 0 Å². The Bertz CT molecular complexity index is 383. The van der Waals surface area contributed by atoms with E-state index in [9.17, 15) is 13.2 Å². The standard InChI is InChI=1S/C10H10ClF3O3/c1-15-9(16-2)7-6(17-10(13)14)4-3-5(12)8(7)11/h3-4,9-10H,1-2H3. The lowest BCUT2D eigenvalue weighted by Crippen LogP contribution is -2.11. The predicted octanol–water partition coefficient (Wildman–Crippen LogP) is 3.37. The molecule has 0 fully saturated rings. The smallest absolute Gasteiger partial charge is 0.387 e. The first-order valence-corrected chi connectivity index (χ1v) is 4.87. The van der Waals surface area contributed by atoms with Gasteiger partial charge in [-0.15, -0.1) is 0 Å². The molecule has 17 heavy (non-hydrogen) atoms. The molecule has 0 spiro atoms. The van der Waals surface area contributed by atoms with Crippen LogP contribution >= 0.6 is 11.6 Å². The van der Waals surface area contributed by atoms with Gasteiger partial charge in [-0.2, -0.15) is 8.78 Å². The Balaban J connectivity index is 3.25. The minimum Gasteiger partial charge on any atom is -0.434 e. The third-order valence-corrected chi connectivity index (χ3v) is 2.36. The molecule has 7 heteroatoms. The molecule has 0 amide bonds. The first-order chi connectivity index (χ1) is 8.01. The average molecular weight is 271 g/mol. The van der Waals surface area contributed by atoms with Gasteiger partial charge in [-0.1, -0.05) is 11.6 Å². The van der Waals surface area contributed by atoms with Crippen molar-refractivity contribution in [1.29, 1.82) is 0 Å². The lowest BCUT2D eigenvalue weighted by Gasteiger charge is -2.19.